The lowest BCUT2D eigenvalue weighted by molar-refractivity contribution is -0.133. The van der Waals surface area contributed by atoms with Crippen LogP contribution in [-0.4, -0.2) is 30.3 Å². The van der Waals surface area contributed by atoms with Gasteiger partial charge in [0.1, 0.15) is 5.75 Å². The van der Waals surface area contributed by atoms with Gasteiger partial charge in [-0.3, -0.25) is 4.79 Å². The number of ether oxygens (including phenoxy) is 1. The van der Waals surface area contributed by atoms with Gasteiger partial charge >= 0.3 is 0 Å². The van der Waals surface area contributed by atoms with E-state index in [1.807, 2.05) is 66.7 Å². The zero-order valence-electron chi connectivity index (χ0n) is 13.8. The standard InChI is InChI=1S/C20H21NO3/c1-14(22)19-18(13-8-15-6-4-3-5-7-15)21(20(19)23)16-9-11-17(24-2)12-10-16/h3-14,18-19,22H,1-2H3/b13-8+/t14-,18-,19+/m0/s1. The van der Waals surface area contributed by atoms with Gasteiger partial charge in [-0.05, 0) is 36.8 Å². The number of hydrogen-bond acceptors (Lipinski definition) is 3. The Hall–Kier alpha value is -2.59. The lowest BCUT2D eigenvalue weighted by Crippen LogP contribution is -2.63. The molecular weight excluding hydrogens is 302 g/mol. The van der Waals surface area contributed by atoms with E-state index in [9.17, 15) is 9.90 Å². The van der Waals surface area contributed by atoms with Gasteiger partial charge in [-0.15, -0.1) is 0 Å². The smallest absolute Gasteiger partial charge is 0.235 e. The summed E-state index contributed by atoms with van der Waals surface area (Å²) in [6, 6.07) is 17.1. The average molecular weight is 323 g/mol. The van der Waals surface area contributed by atoms with Gasteiger partial charge in [-0.1, -0.05) is 42.5 Å². The maximum absolute atomic E-state index is 12.5. The molecule has 4 nitrogen and oxygen atoms in total. The summed E-state index contributed by atoms with van der Waals surface area (Å²) in [5, 5.41) is 9.96. The first kappa shape index (κ1) is 16.3. The minimum Gasteiger partial charge on any atom is -0.497 e. The maximum atomic E-state index is 12.5. The predicted molar refractivity (Wildman–Crippen MR) is 94.9 cm³/mol. The fourth-order valence-corrected chi connectivity index (χ4v) is 3.05. The summed E-state index contributed by atoms with van der Waals surface area (Å²) in [6.45, 7) is 1.66. The molecule has 3 rings (SSSR count). The number of anilines is 1. The number of carbonyl (C=O) groups excluding carboxylic acids is 1. The molecule has 0 bridgehead atoms. The van der Waals surface area contributed by atoms with Crippen molar-refractivity contribution in [2.45, 2.75) is 19.1 Å². The molecule has 2 aromatic carbocycles. The third kappa shape index (κ3) is 3.05. The zero-order chi connectivity index (χ0) is 17.1. The van der Waals surface area contributed by atoms with Gasteiger partial charge in [0, 0.05) is 5.69 Å². The Balaban J connectivity index is 1.86. The average Bonchev–Trinajstić information content (AvgIpc) is 2.59. The topological polar surface area (TPSA) is 49.8 Å². The molecule has 1 aliphatic rings. The largest absolute Gasteiger partial charge is 0.497 e. The number of hydrogen-bond donors (Lipinski definition) is 1. The number of nitrogens with zero attached hydrogens (tertiary/aromatic N) is 1. The lowest BCUT2D eigenvalue weighted by atomic mass is 9.82. The van der Waals surface area contributed by atoms with Crippen molar-refractivity contribution in [3.63, 3.8) is 0 Å². The molecule has 1 fully saturated rings. The summed E-state index contributed by atoms with van der Waals surface area (Å²) in [6.07, 6.45) is 3.29. The van der Waals surface area contributed by atoms with Crippen molar-refractivity contribution in [1.29, 1.82) is 0 Å². The molecule has 2 aromatic rings. The lowest BCUT2D eigenvalue weighted by Gasteiger charge is -2.47. The molecule has 1 aliphatic heterocycles. The van der Waals surface area contributed by atoms with E-state index in [1.54, 1.807) is 18.9 Å². The van der Waals surface area contributed by atoms with Crippen LogP contribution in [0.4, 0.5) is 5.69 Å². The first-order chi connectivity index (χ1) is 11.6. The Morgan fingerprint density at radius 2 is 1.79 bits per heavy atom. The first-order valence-corrected chi connectivity index (χ1v) is 8.00. The van der Waals surface area contributed by atoms with Gasteiger partial charge in [0.2, 0.25) is 5.91 Å². The van der Waals surface area contributed by atoms with Crippen molar-refractivity contribution in [2.75, 3.05) is 12.0 Å². The van der Waals surface area contributed by atoms with Crippen LogP contribution in [0, 0.1) is 5.92 Å². The summed E-state index contributed by atoms with van der Waals surface area (Å²) < 4.78 is 5.16. The van der Waals surface area contributed by atoms with Crippen LogP contribution in [0.15, 0.2) is 60.7 Å². The number of benzene rings is 2. The van der Waals surface area contributed by atoms with Gasteiger partial charge in [0.25, 0.3) is 0 Å². The van der Waals surface area contributed by atoms with Crippen molar-refractivity contribution in [3.05, 3.63) is 66.2 Å². The molecule has 0 saturated carbocycles. The fraction of sp³-hybridized carbons (Fsp3) is 0.250. The highest BCUT2D eigenvalue weighted by Gasteiger charge is 2.48. The number of rotatable bonds is 5. The molecule has 0 aromatic heterocycles. The van der Waals surface area contributed by atoms with Crippen molar-refractivity contribution in [2.24, 2.45) is 5.92 Å². The molecule has 1 saturated heterocycles. The molecule has 0 aliphatic carbocycles. The van der Waals surface area contributed by atoms with Crippen LogP contribution in [0.1, 0.15) is 12.5 Å². The van der Waals surface area contributed by atoms with E-state index in [4.69, 9.17) is 4.74 Å². The van der Waals surface area contributed by atoms with Gasteiger partial charge in [-0.25, -0.2) is 0 Å². The van der Waals surface area contributed by atoms with Gasteiger partial charge in [0.15, 0.2) is 0 Å². The van der Waals surface area contributed by atoms with E-state index in [-0.39, 0.29) is 11.9 Å². The Labute approximate surface area is 142 Å². The van der Waals surface area contributed by atoms with Gasteiger partial charge in [0.05, 0.1) is 25.2 Å². The van der Waals surface area contributed by atoms with Gasteiger partial charge < -0.3 is 14.7 Å². The third-order valence-corrected chi connectivity index (χ3v) is 4.34. The molecule has 1 amide bonds. The van der Waals surface area contributed by atoms with Crippen LogP contribution in [-0.2, 0) is 4.79 Å². The monoisotopic (exact) mass is 323 g/mol. The molecule has 1 heterocycles. The Kier molecular flexibility index (Phi) is 4.67. The summed E-state index contributed by atoms with van der Waals surface area (Å²) in [7, 11) is 1.61. The highest BCUT2D eigenvalue weighted by atomic mass is 16.5. The molecule has 24 heavy (non-hydrogen) atoms. The van der Waals surface area contributed by atoms with Crippen LogP contribution in [0.2, 0.25) is 0 Å². The molecule has 0 unspecified atom stereocenters. The number of aliphatic hydroxyl groups excluding tert-OH is 1. The third-order valence-electron chi connectivity index (χ3n) is 4.34. The summed E-state index contributed by atoms with van der Waals surface area (Å²) >= 11 is 0. The van der Waals surface area contributed by atoms with Crippen LogP contribution in [0.5, 0.6) is 5.75 Å². The molecule has 124 valence electrons. The van der Waals surface area contributed by atoms with E-state index >= 15 is 0 Å². The molecule has 0 spiro atoms. The maximum Gasteiger partial charge on any atom is 0.235 e. The molecule has 0 radical (unpaired) electrons. The molecular formula is C20H21NO3. The number of amides is 1. The highest BCUT2D eigenvalue weighted by molar-refractivity contribution is 6.04. The Morgan fingerprint density at radius 3 is 2.38 bits per heavy atom. The number of β-lactam (4-membered cyclic amide) rings is 1. The Bertz CT molecular complexity index is 722. The summed E-state index contributed by atoms with van der Waals surface area (Å²) in [4.78, 5) is 14.2. The zero-order valence-corrected chi connectivity index (χ0v) is 13.8. The van der Waals surface area contributed by atoms with Crippen molar-refractivity contribution < 1.29 is 14.6 Å². The normalized spacial score (nSPS) is 21.6. The quantitative estimate of drug-likeness (QED) is 0.860. The second-order valence-electron chi connectivity index (χ2n) is 5.93. The van der Waals surface area contributed by atoms with Crippen LogP contribution in [0.3, 0.4) is 0 Å². The van der Waals surface area contributed by atoms with Crippen molar-refractivity contribution in [1.82, 2.24) is 0 Å². The van der Waals surface area contributed by atoms with E-state index in [1.165, 1.54) is 0 Å². The predicted octanol–water partition coefficient (Wildman–Crippen LogP) is 3.12. The van der Waals surface area contributed by atoms with Crippen molar-refractivity contribution >= 4 is 17.7 Å². The summed E-state index contributed by atoms with van der Waals surface area (Å²) in [5.74, 6) is 0.278. The molecule has 4 heteroatoms. The second kappa shape index (κ2) is 6.89. The highest BCUT2D eigenvalue weighted by Crippen LogP contribution is 2.36. The minimum atomic E-state index is -0.683. The van der Waals surface area contributed by atoms with E-state index in [0.29, 0.717) is 0 Å². The molecule has 3 atom stereocenters. The van der Waals surface area contributed by atoms with Crippen molar-refractivity contribution in [3.8, 4) is 5.75 Å². The van der Waals surface area contributed by atoms with Crippen LogP contribution < -0.4 is 9.64 Å². The number of aliphatic hydroxyl groups is 1. The summed E-state index contributed by atoms with van der Waals surface area (Å²) in [5.41, 5.74) is 1.87. The fourth-order valence-electron chi connectivity index (χ4n) is 3.05. The van der Waals surface area contributed by atoms with Crippen LogP contribution >= 0.6 is 0 Å². The van der Waals surface area contributed by atoms with E-state index < -0.39 is 12.0 Å². The Morgan fingerprint density at radius 1 is 1.12 bits per heavy atom. The van der Waals surface area contributed by atoms with E-state index in [2.05, 4.69) is 0 Å². The number of methoxy groups -OCH3 is 1. The second-order valence-corrected chi connectivity index (χ2v) is 5.93. The SMILES string of the molecule is COc1ccc(N2C(=O)[C@H]([C@H](C)O)[C@@H]2/C=C/c2ccccc2)cc1. The van der Waals surface area contributed by atoms with Crippen LogP contribution in [0.25, 0.3) is 6.08 Å². The first-order valence-electron chi connectivity index (χ1n) is 8.00. The van der Waals surface area contributed by atoms with Gasteiger partial charge in [-0.2, -0.15) is 0 Å². The molecule has 1 N–H and O–H groups in total. The number of carbonyl (C=O) groups is 1. The minimum absolute atomic E-state index is 0.0575. The van der Waals surface area contributed by atoms with E-state index in [0.717, 1.165) is 17.0 Å².